The molecule has 2 heterocycles. The van der Waals surface area contributed by atoms with E-state index in [1.807, 2.05) is 6.92 Å². The van der Waals surface area contributed by atoms with E-state index < -0.39 is 0 Å². The highest BCUT2D eigenvalue weighted by Gasteiger charge is 2.07. The molecule has 7 heteroatoms. The molecule has 2 aromatic heterocycles. The third kappa shape index (κ3) is 3.57. The predicted molar refractivity (Wildman–Crippen MR) is 72.1 cm³/mol. The largest absolute Gasteiger partial charge is 0.351 e. The average Bonchev–Trinajstić information content (AvgIpc) is 2.92. The summed E-state index contributed by atoms with van der Waals surface area (Å²) in [6.45, 7) is 3.16. The molecule has 0 aliphatic heterocycles. The van der Waals surface area contributed by atoms with Crippen LogP contribution in [-0.4, -0.2) is 32.0 Å². The average molecular weight is 282 g/mol. The highest BCUT2D eigenvalue weighted by atomic mass is 35.5. The number of hydrogen-bond acceptors (Lipinski definition) is 3. The number of hydrogen-bond donors (Lipinski definition) is 1. The molecule has 0 fully saturated rings. The second-order valence-electron chi connectivity index (χ2n) is 4.31. The third-order valence-electron chi connectivity index (χ3n) is 2.68. The van der Waals surface area contributed by atoms with Crippen molar-refractivity contribution in [2.24, 2.45) is 7.05 Å². The van der Waals surface area contributed by atoms with Gasteiger partial charge in [0.2, 0.25) is 0 Å². The molecule has 0 unspecified atom stereocenters. The van der Waals surface area contributed by atoms with Gasteiger partial charge in [-0.05, 0) is 19.4 Å². The molecule has 0 aliphatic carbocycles. The van der Waals surface area contributed by atoms with E-state index in [4.69, 9.17) is 11.6 Å². The Morgan fingerprint density at radius 2 is 2.26 bits per heavy atom. The number of nitrogens with zero attached hydrogens (tertiary/aromatic N) is 4. The van der Waals surface area contributed by atoms with Crippen LogP contribution in [0, 0.1) is 6.92 Å². The number of rotatable bonds is 5. The summed E-state index contributed by atoms with van der Waals surface area (Å²) in [5.41, 5.74) is 1.25. The fraction of sp³-hybridized carbons (Fsp3) is 0.417. The molecule has 0 aliphatic rings. The van der Waals surface area contributed by atoms with Crippen molar-refractivity contribution in [3.63, 3.8) is 0 Å². The van der Waals surface area contributed by atoms with Crippen LogP contribution in [0.2, 0.25) is 5.02 Å². The Morgan fingerprint density at radius 1 is 1.47 bits per heavy atom. The minimum Gasteiger partial charge on any atom is -0.351 e. The van der Waals surface area contributed by atoms with E-state index in [0.717, 1.165) is 18.7 Å². The number of amides is 1. The molecule has 0 spiro atoms. The van der Waals surface area contributed by atoms with E-state index in [9.17, 15) is 4.79 Å². The standard InChI is InChI=1S/C12H16ClN5O/c1-9-10(13)8-18(15-9)6-3-5-14-12(19)11-4-7-17(2)16-11/h4,7-8H,3,5-6H2,1-2H3,(H,14,19). The lowest BCUT2D eigenvalue weighted by atomic mass is 10.3. The molecule has 0 radical (unpaired) electrons. The van der Waals surface area contributed by atoms with Crippen LogP contribution < -0.4 is 5.32 Å². The van der Waals surface area contributed by atoms with Crippen LogP contribution in [-0.2, 0) is 13.6 Å². The topological polar surface area (TPSA) is 64.7 Å². The zero-order valence-corrected chi connectivity index (χ0v) is 11.7. The van der Waals surface area contributed by atoms with Gasteiger partial charge >= 0.3 is 0 Å². The number of carbonyl (C=O) groups is 1. The van der Waals surface area contributed by atoms with Gasteiger partial charge in [0.05, 0.1) is 10.7 Å². The van der Waals surface area contributed by atoms with Gasteiger partial charge in [-0.3, -0.25) is 14.2 Å². The summed E-state index contributed by atoms with van der Waals surface area (Å²) in [5, 5.41) is 11.8. The van der Waals surface area contributed by atoms with E-state index in [1.54, 1.807) is 34.9 Å². The van der Waals surface area contributed by atoms with Gasteiger partial charge in [0, 0.05) is 32.5 Å². The van der Waals surface area contributed by atoms with Crippen LogP contribution in [0.5, 0.6) is 0 Å². The predicted octanol–water partition coefficient (Wildman–Crippen LogP) is 1.40. The van der Waals surface area contributed by atoms with Crippen molar-refractivity contribution in [2.45, 2.75) is 19.9 Å². The minimum absolute atomic E-state index is 0.157. The molecule has 1 amide bonds. The zero-order chi connectivity index (χ0) is 13.8. The van der Waals surface area contributed by atoms with Crippen LogP contribution in [0.4, 0.5) is 0 Å². The number of nitrogens with one attached hydrogen (secondary N) is 1. The number of carbonyl (C=O) groups excluding carboxylic acids is 1. The molecule has 0 aromatic carbocycles. The van der Waals surface area contributed by atoms with Crippen molar-refractivity contribution >= 4 is 17.5 Å². The molecular formula is C12H16ClN5O. The SMILES string of the molecule is Cc1nn(CCCNC(=O)c2ccn(C)n2)cc1Cl. The quantitative estimate of drug-likeness (QED) is 0.843. The summed E-state index contributed by atoms with van der Waals surface area (Å²) < 4.78 is 3.38. The van der Waals surface area contributed by atoms with Crippen LogP contribution in [0.25, 0.3) is 0 Å². The highest BCUT2D eigenvalue weighted by molar-refractivity contribution is 6.31. The summed E-state index contributed by atoms with van der Waals surface area (Å²) in [7, 11) is 1.78. The Labute approximate surface area is 116 Å². The summed E-state index contributed by atoms with van der Waals surface area (Å²) in [5.74, 6) is -0.157. The summed E-state index contributed by atoms with van der Waals surface area (Å²) in [4.78, 5) is 11.7. The normalized spacial score (nSPS) is 10.7. The zero-order valence-electron chi connectivity index (χ0n) is 10.9. The van der Waals surface area contributed by atoms with Gasteiger partial charge in [-0.1, -0.05) is 11.6 Å². The molecule has 102 valence electrons. The first-order valence-corrected chi connectivity index (χ1v) is 6.41. The molecule has 2 rings (SSSR count). The minimum atomic E-state index is -0.157. The summed E-state index contributed by atoms with van der Waals surface area (Å²) >= 11 is 5.91. The molecule has 19 heavy (non-hydrogen) atoms. The van der Waals surface area contributed by atoms with Gasteiger partial charge in [0.15, 0.2) is 0 Å². The molecule has 0 atom stereocenters. The fourth-order valence-electron chi connectivity index (χ4n) is 1.68. The first-order valence-electron chi connectivity index (χ1n) is 6.03. The lowest BCUT2D eigenvalue weighted by Crippen LogP contribution is -2.25. The lowest BCUT2D eigenvalue weighted by molar-refractivity contribution is 0.0947. The molecule has 0 saturated carbocycles. The Bertz CT molecular complexity index is 555. The molecule has 0 saturated heterocycles. The van der Waals surface area contributed by atoms with Gasteiger partial charge in [0.1, 0.15) is 5.69 Å². The Morgan fingerprint density at radius 3 is 2.84 bits per heavy atom. The maximum Gasteiger partial charge on any atom is 0.271 e. The second-order valence-corrected chi connectivity index (χ2v) is 4.72. The van der Waals surface area contributed by atoms with Crippen molar-refractivity contribution in [2.75, 3.05) is 6.54 Å². The second kappa shape index (κ2) is 5.88. The van der Waals surface area contributed by atoms with Gasteiger partial charge in [-0.25, -0.2) is 0 Å². The maximum atomic E-state index is 11.7. The number of aryl methyl sites for hydroxylation is 3. The number of aromatic nitrogens is 4. The lowest BCUT2D eigenvalue weighted by Gasteiger charge is -2.03. The van der Waals surface area contributed by atoms with Gasteiger partial charge < -0.3 is 5.32 Å². The van der Waals surface area contributed by atoms with E-state index in [0.29, 0.717) is 17.3 Å². The molecule has 6 nitrogen and oxygen atoms in total. The highest BCUT2D eigenvalue weighted by Crippen LogP contribution is 2.11. The van der Waals surface area contributed by atoms with E-state index >= 15 is 0 Å². The first kappa shape index (κ1) is 13.6. The number of halogens is 1. The Balaban J connectivity index is 1.73. The Kier molecular flexibility index (Phi) is 4.21. The first-order chi connectivity index (χ1) is 9.06. The molecule has 0 bridgehead atoms. The van der Waals surface area contributed by atoms with Crippen LogP contribution in [0.15, 0.2) is 18.5 Å². The van der Waals surface area contributed by atoms with Crippen LogP contribution in [0.3, 0.4) is 0 Å². The molecule has 1 N–H and O–H groups in total. The van der Waals surface area contributed by atoms with Crippen molar-refractivity contribution in [1.82, 2.24) is 24.9 Å². The van der Waals surface area contributed by atoms with Crippen LogP contribution in [0.1, 0.15) is 22.6 Å². The Hall–Kier alpha value is -1.82. The van der Waals surface area contributed by atoms with Crippen molar-refractivity contribution in [1.29, 1.82) is 0 Å². The van der Waals surface area contributed by atoms with Crippen molar-refractivity contribution in [3.8, 4) is 0 Å². The van der Waals surface area contributed by atoms with Crippen molar-refractivity contribution in [3.05, 3.63) is 34.9 Å². The molecule has 2 aromatic rings. The molecular weight excluding hydrogens is 266 g/mol. The smallest absolute Gasteiger partial charge is 0.271 e. The van der Waals surface area contributed by atoms with E-state index in [1.165, 1.54) is 0 Å². The monoisotopic (exact) mass is 281 g/mol. The van der Waals surface area contributed by atoms with Gasteiger partial charge in [-0.15, -0.1) is 0 Å². The van der Waals surface area contributed by atoms with Crippen molar-refractivity contribution < 1.29 is 4.79 Å². The maximum absolute atomic E-state index is 11.7. The summed E-state index contributed by atoms with van der Waals surface area (Å²) in [6, 6.07) is 1.69. The van der Waals surface area contributed by atoms with E-state index in [-0.39, 0.29) is 5.91 Å². The summed E-state index contributed by atoms with van der Waals surface area (Å²) in [6.07, 6.45) is 4.32. The van der Waals surface area contributed by atoms with E-state index in [2.05, 4.69) is 15.5 Å². The van der Waals surface area contributed by atoms with Gasteiger partial charge in [0.25, 0.3) is 5.91 Å². The van der Waals surface area contributed by atoms with Crippen LogP contribution >= 0.6 is 11.6 Å². The third-order valence-corrected chi connectivity index (χ3v) is 3.05. The van der Waals surface area contributed by atoms with Gasteiger partial charge in [-0.2, -0.15) is 10.2 Å². The fourth-order valence-corrected chi connectivity index (χ4v) is 1.83.